The van der Waals surface area contributed by atoms with E-state index in [-0.39, 0.29) is 12.4 Å². The van der Waals surface area contributed by atoms with Crippen molar-refractivity contribution in [3.63, 3.8) is 0 Å². The van der Waals surface area contributed by atoms with Gasteiger partial charge in [0.15, 0.2) is 29.7 Å². The third-order valence-corrected chi connectivity index (χ3v) is 3.71. The number of hydrogen-bond donors (Lipinski definition) is 1. The van der Waals surface area contributed by atoms with Gasteiger partial charge in [-0.3, -0.25) is 4.79 Å². The summed E-state index contributed by atoms with van der Waals surface area (Å²) in [5, 5.41) is 4.05. The molecular weight excluding hydrogens is 339 g/mol. The van der Waals surface area contributed by atoms with Crippen LogP contribution in [0.4, 0.5) is 4.39 Å². The summed E-state index contributed by atoms with van der Waals surface area (Å²) in [5.41, 5.74) is 3.79. The van der Waals surface area contributed by atoms with Crippen LogP contribution < -0.4 is 19.6 Å². The van der Waals surface area contributed by atoms with Crippen molar-refractivity contribution in [1.29, 1.82) is 0 Å². The number of ether oxygens (including phenoxy) is 3. The van der Waals surface area contributed by atoms with Crippen molar-refractivity contribution in [2.75, 3.05) is 19.8 Å². The van der Waals surface area contributed by atoms with Gasteiger partial charge in [-0.1, -0.05) is 12.1 Å². The molecule has 0 radical (unpaired) electrons. The fourth-order valence-corrected chi connectivity index (χ4v) is 2.34. The van der Waals surface area contributed by atoms with Gasteiger partial charge < -0.3 is 14.2 Å². The Hall–Kier alpha value is -3.09. The molecule has 1 N–H and O–H groups in total. The molecule has 2 aromatic carbocycles. The van der Waals surface area contributed by atoms with Gasteiger partial charge in [0.1, 0.15) is 0 Å². The number of nitrogens with zero attached hydrogens (tertiary/aromatic N) is 1. The molecule has 2 aromatic rings. The number of nitrogens with one attached hydrogen (secondary N) is 1. The maximum atomic E-state index is 13.4. The minimum absolute atomic E-state index is 0.0197. The lowest BCUT2D eigenvalue weighted by atomic mass is 10.1. The summed E-state index contributed by atoms with van der Waals surface area (Å²) in [6, 6.07) is 11.4. The molecule has 6 nitrogen and oxygen atoms in total. The zero-order valence-electron chi connectivity index (χ0n) is 14.3. The number of rotatable bonds is 5. The lowest BCUT2D eigenvalue weighted by molar-refractivity contribution is -0.123. The van der Waals surface area contributed by atoms with E-state index < -0.39 is 11.7 Å². The molecule has 0 bridgehead atoms. The lowest BCUT2D eigenvalue weighted by Gasteiger charge is -2.09. The number of fused-ring (bicyclic) bond motifs is 1. The van der Waals surface area contributed by atoms with E-state index in [1.54, 1.807) is 19.1 Å². The molecule has 136 valence electrons. The van der Waals surface area contributed by atoms with Crippen molar-refractivity contribution in [3.05, 3.63) is 53.8 Å². The van der Waals surface area contributed by atoms with Crippen LogP contribution in [0.15, 0.2) is 47.6 Å². The fourth-order valence-electron chi connectivity index (χ4n) is 2.34. The summed E-state index contributed by atoms with van der Waals surface area (Å²) in [6.45, 7) is 2.64. The Morgan fingerprint density at radius 3 is 2.77 bits per heavy atom. The smallest absolute Gasteiger partial charge is 0.277 e. The second-order valence-corrected chi connectivity index (χ2v) is 5.66. The Bertz CT molecular complexity index is 823. The van der Waals surface area contributed by atoms with Gasteiger partial charge in [0.2, 0.25) is 0 Å². The van der Waals surface area contributed by atoms with Crippen LogP contribution in [-0.2, 0) is 4.79 Å². The first kappa shape index (κ1) is 17.7. The number of hydrazone groups is 1. The molecule has 0 aromatic heterocycles. The molecule has 1 heterocycles. The summed E-state index contributed by atoms with van der Waals surface area (Å²) >= 11 is 0. The first-order valence-electron chi connectivity index (χ1n) is 8.24. The minimum atomic E-state index is -0.521. The molecule has 7 heteroatoms. The fraction of sp³-hybridized carbons (Fsp3) is 0.263. The van der Waals surface area contributed by atoms with Crippen LogP contribution in [0.5, 0.6) is 17.2 Å². The van der Waals surface area contributed by atoms with E-state index in [2.05, 4.69) is 10.5 Å². The van der Waals surface area contributed by atoms with Gasteiger partial charge >= 0.3 is 0 Å². The van der Waals surface area contributed by atoms with E-state index in [1.807, 2.05) is 18.2 Å². The number of para-hydroxylation sites is 1. The van der Waals surface area contributed by atoms with Crippen LogP contribution in [0.1, 0.15) is 18.9 Å². The van der Waals surface area contributed by atoms with E-state index in [9.17, 15) is 9.18 Å². The van der Waals surface area contributed by atoms with Crippen LogP contribution in [0.2, 0.25) is 0 Å². The van der Waals surface area contributed by atoms with E-state index in [1.165, 1.54) is 12.1 Å². The van der Waals surface area contributed by atoms with E-state index in [0.717, 1.165) is 12.0 Å². The van der Waals surface area contributed by atoms with Gasteiger partial charge in [0, 0.05) is 12.0 Å². The van der Waals surface area contributed by atoms with Crippen LogP contribution >= 0.6 is 0 Å². The Morgan fingerprint density at radius 1 is 1.19 bits per heavy atom. The average Bonchev–Trinajstić information content (AvgIpc) is 2.90. The highest BCUT2D eigenvalue weighted by molar-refractivity contribution is 5.99. The minimum Gasteiger partial charge on any atom is -0.490 e. The second-order valence-electron chi connectivity index (χ2n) is 5.66. The van der Waals surface area contributed by atoms with Gasteiger partial charge in [0.05, 0.1) is 18.9 Å². The molecule has 1 aliphatic rings. The van der Waals surface area contributed by atoms with Crippen molar-refractivity contribution < 1.29 is 23.4 Å². The van der Waals surface area contributed by atoms with Crippen molar-refractivity contribution in [2.45, 2.75) is 13.3 Å². The molecule has 1 amide bonds. The molecule has 26 heavy (non-hydrogen) atoms. The van der Waals surface area contributed by atoms with Gasteiger partial charge in [-0.2, -0.15) is 5.10 Å². The second kappa shape index (κ2) is 8.33. The maximum absolute atomic E-state index is 13.4. The Kier molecular flexibility index (Phi) is 5.68. The molecule has 0 saturated heterocycles. The summed E-state index contributed by atoms with van der Waals surface area (Å²) in [7, 11) is 0. The largest absolute Gasteiger partial charge is 0.490 e. The molecule has 0 saturated carbocycles. The lowest BCUT2D eigenvalue weighted by Crippen LogP contribution is -2.25. The summed E-state index contributed by atoms with van der Waals surface area (Å²) in [5.74, 6) is 0.366. The molecule has 0 fully saturated rings. The summed E-state index contributed by atoms with van der Waals surface area (Å²) < 4.78 is 29.8. The average molecular weight is 358 g/mol. The summed E-state index contributed by atoms with van der Waals surface area (Å²) in [6.07, 6.45) is 0.829. The van der Waals surface area contributed by atoms with Gasteiger partial charge in [0.25, 0.3) is 5.91 Å². The molecular formula is C19H19FN2O4. The van der Waals surface area contributed by atoms with Crippen molar-refractivity contribution in [3.8, 4) is 17.2 Å². The third-order valence-electron chi connectivity index (χ3n) is 3.71. The number of carbonyl (C=O) groups excluding carboxylic acids is 1. The first-order chi connectivity index (χ1) is 12.6. The predicted octanol–water partition coefficient (Wildman–Crippen LogP) is 2.91. The van der Waals surface area contributed by atoms with Crippen LogP contribution in [-0.4, -0.2) is 31.4 Å². The predicted molar refractivity (Wildman–Crippen MR) is 94.3 cm³/mol. The number of carbonyl (C=O) groups is 1. The van der Waals surface area contributed by atoms with Crippen molar-refractivity contribution in [2.24, 2.45) is 5.10 Å². The van der Waals surface area contributed by atoms with Gasteiger partial charge in [-0.25, -0.2) is 9.82 Å². The van der Waals surface area contributed by atoms with E-state index >= 15 is 0 Å². The molecule has 1 aliphatic heterocycles. The van der Waals surface area contributed by atoms with Crippen LogP contribution in [0.3, 0.4) is 0 Å². The first-order valence-corrected chi connectivity index (χ1v) is 8.24. The summed E-state index contributed by atoms with van der Waals surface area (Å²) in [4.78, 5) is 11.8. The van der Waals surface area contributed by atoms with Crippen LogP contribution in [0.25, 0.3) is 0 Å². The SMILES string of the molecule is C/C(=N/NC(=O)COc1ccccc1F)c1ccc2c(c1)OCCCO2. The molecule has 0 unspecified atom stereocenters. The van der Waals surface area contributed by atoms with E-state index in [4.69, 9.17) is 14.2 Å². The molecule has 0 atom stereocenters. The topological polar surface area (TPSA) is 69.2 Å². The number of hydrogen-bond acceptors (Lipinski definition) is 5. The zero-order chi connectivity index (χ0) is 18.4. The van der Waals surface area contributed by atoms with Crippen molar-refractivity contribution >= 4 is 11.6 Å². The van der Waals surface area contributed by atoms with Gasteiger partial charge in [-0.05, 0) is 37.3 Å². The normalized spacial score (nSPS) is 13.7. The Morgan fingerprint density at radius 2 is 1.96 bits per heavy atom. The molecule has 0 spiro atoms. The quantitative estimate of drug-likeness (QED) is 0.659. The molecule has 3 rings (SSSR count). The highest BCUT2D eigenvalue weighted by atomic mass is 19.1. The number of amides is 1. The van der Waals surface area contributed by atoms with Crippen LogP contribution in [0, 0.1) is 5.82 Å². The molecule has 0 aliphatic carbocycles. The Labute approximate surface area is 150 Å². The number of halogens is 1. The monoisotopic (exact) mass is 358 g/mol. The highest BCUT2D eigenvalue weighted by Crippen LogP contribution is 2.30. The maximum Gasteiger partial charge on any atom is 0.277 e. The highest BCUT2D eigenvalue weighted by Gasteiger charge is 2.12. The van der Waals surface area contributed by atoms with Crippen molar-refractivity contribution in [1.82, 2.24) is 5.43 Å². The van der Waals surface area contributed by atoms with E-state index in [0.29, 0.717) is 30.4 Å². The Balaban J connectivity index is 1.58. The number of benzene rings is 2. The van der Waals surface area contributed by atoms with Gasteiger partial charge in [-0.15, -0.1) is 0 Å². The third kappa shape index (κ3) is 4.50. The zero-order valence-corrected chi connectivity index (χ0v) is 14.3. The standard InChI is InChI=1S/C19H19FN2O4/c1-13(14-7-8-17-18(11-14)25-10-4-9-24-17)21-22-19(23)12-26-16-6-3-2-5-15(16)20/h2-3,5-8,11H,4,9-10,12H2,1H3,(H,22,23)/b21-13-.